The van der Waals surface area contributed by atoms with Crippen molar-refractivity contribution >= 4 is 33.3 Å². The van der Waals surface area contributed by atoms with Crippen LogP contribution in [0.4, 0.5) is 20.7 Å². The molecule has 6 nitrogen and oxygen atoms in total. The van der Waals surface area contributed by atoms with Crippen molar-refractivity contribution in [3.8, 4) is 0 Å². The van der Waals surface area contributed by atoms with Crippen molar-refractivity contribution < 1.29 is 4.79 Å². The van der Waals surface area contributed by atoms with Crippen molar-refractivity contribution in [1.29, 1.82) is 0 Å². The number of rotatable bonds is 4. The van der Waals surface area contributed by atoms with E-state index in [1.54, 1.807) is 0 Å². The Balaban J connectivity index is 1.57. The summed E-state index contributed by atoms with van der Waals surface area (Å²) in [6.45, 7) is 0. The van der Waals surface area contributed by atoms with Crippen LogP contribution >= 0.6 is 11.3 Å². The average Bonchev–Trinajstić information content (AvgIpc) is 3.04. The predicted octanol–water partition coefficient (Wildman–Crippen LogP) is 3.95. The third kappa shape index (κ3) is 4.19. The molecule has 122 valence electrons. The maximum absolute atomic E-state index is 12.0. The smallest absolute Gasteiger partial charge is 0.325 e. The molecular formula is C16H21N5OS. The molecule has 3 rings (SSSR count). The zero-order chi connectivity index (χ0) is 16.1. The Bertz CT molecular complexity index is 639. The molecule has 1 aliphatic rings. The van der Waals surface area contributed by atoms with Crippen molar-refractivity contribution in [3.63, 3.8) is 0 Å². The van der Waals surface area contributed by atoms with Crippen LogP contribution in [-0.4, -0.2) is 29.3 Å². The number of urea groups is 1. The first-order valence-electron chi connectivity index (χ1n) is 7.92. The minimum atomic E-state index is -0.306. The average molecular weight is 331 g/mol. The van der Waals surface area contributed by atoms with E-state index in [9.17, 15) is 4.79 Å². The van der Waals surface area contributed by atoms with E-state index in [1.807, 2.05) is 30.3 Å². The SMILES string of the molecule is CN(c1nnc(NC(=O)Nc2ccccc2)s1)C1CCCCC1. The number of benzene rings is 1. The summed E-state index contributed by atoms with van der Waals surface area (Å²) in [6, 6.07) is 9.54. The third-order valence-corrected chi connectivity index (χ3v) is 5.02. The van der Waals surface area contributed by atoms with Gasteiger partial charge in [-0.05, 0) is 25.0 Å². The van der Waals surface area contributed by atoms with Crippen molar-refractivity contribution in [3.05, 3.63) is 30.3 Å². The number of hydrogen-bond donors (Lipinski definition) is 2. The quantitative estimate of drug-likeness (QED) is 0.890. The number of aromatic nitrogens is 2. The van der Waals surface area contributed by atoms with E-state index in [1.165, 1.54) is 43.4 Å². The molecule has 1 heterocycles. The molecule has 0 unspecified atom stereocenters. The number of hydrogen-bond acceptors (Lipinski definition) is 5. The van der Waals surface area contributed by atoms with Gasteiger partial charge in [0.05, 0.1) is 0 Å². The molecule has 2 amide bonds. The Labute approximate surface area is 139 Å². The van der Waals surface area contributed by atoms with Gasteiger partial charge < -0.3 is 10.2 Å². The first-order chi connectivity index (χ1) is 11.2. The second-order valence-electron chi connectivity index (χ2n) is 5.74. The molecule has 1 aromatic heterocycles. The summed E-state index contributed by atoms with van der Waals surface area (Å²) in [5.41, 5.74) is 0.745. The second-order valence-corrected chi connectivity index (χ2v) is 6.69. The molecule has 1 saturated carbocycles. The number of para-hydroxylation sites is 1. The van der Waals surface area contributed by atoms with Crippen LogP contribution in [0.25, 0.3) is 0 Å². The van der Waals surface area contributed by atoms with Gasteiger partial charge in [-0.3, -0.25) is 5.32 Å². The fourth-order valence-electron chi connectivity index (χ4n) is 2.81. The highest BCUT2D eigenvalue weighted by Crippen LogP contribution is 2.29. The normalized spacial score (nSPS) is 15.2. The van der Waals surface area contributed by atoms with Gasteiger partial charge in [0, 0.05) is 18.8 Å². The van der Waals surface area contributed by atoms with Gasteiger partial charge in [0.1, 0.15) is 0 Å². The lowest BCUT2D eigenvalue weighted by Crippen LogP contribution is -2.33. The summed E-state index contributed by atoms with van der Waals surface area (Å²) < 4.78 is 0. The number of amides is 2. The molecule has 7 heteroatoms. The number of carbonyl (C=O) groups excluding carboxylic acids is 1. The van der Waals surface area contributed by atoms with Crippen molar-refractivity contribution in [2.45, 2.75) is 38.1 Å². The molecule has 0 spiro atoms. The highest BCUT2D eigenvalue weighted by molar-refractivity contribution is 7.19. The highest BCUT2D eigenvalue weighted by atomic mass is 32.1. The van der Waals surface area contributed by atoms with Gasteiger partial charge in [-0.25, -0.2) is 4.79 Å². The van der Waals surface area contributed by atoms with Gasteiger partial charge in [0.15, 0.2) is 0 Å². The summed E-state index contributed by atoms with van der Waals surface area (Å²) >= 11 is 1.41. The van der Waals surface area contributed by atoms with Crippen molar-refractivity contribution in [2.75, 3.05) is 22.6 Å². The number of carbonyl (C=O) groups is 1. The summed E-state index contributed by atoms with van der Waals surface area (Å²) in [5, 5.41) is 15.1. The first kappa shape index (κ1) is 15.7. The Kier molecular flexibility index (Phi) is 5.07. The minimum absolute atomic E-state index is 0.306. The maximum atomic E-state index is 12.0. The lowest BCUT2D eigenvalue weighted by Gasteiger charge is -2.30. The Morgan fingerprint density at radius 2 is 1.87 bits per heavy atom. The van der Waals surface area contributed by atoms with E-state index in [-0.39, 0.29) is 6.03 Å². The molecule has 23 heavy (non-hydrogen) atoms. The Hall–Kier alpha value is -2.15. The zero-order valence-electron chi connectivity index (χ0n) is 13.2. The van der Waals surface area contributed by atoms with Crippen LogP contribution in [-0.2, 0) is 0 Å². The molecule has 0 bridgehead atoms. The van der Waals surface area contributed by atoms with Crippen LogP contribution in [0.3, 0.4) is 0 Å². The molecule has 1 fully saturated rings. The van der Waals surface area contributed by atoms with Crippen molar-refractivity contribution in [1.82, 2.24) is 10.2 Å². The zero-order valence-corrected chi connectivity index (χ0v) is 14.0. The molecule has 0 aliphatic heterocycles. The molecule has 0 saturated heterocycles. The number of nitrogens with one attached hydrogen (secondary N) is 2. The lowest BCUT2D eigenvalue weighted by molar-refractivity contribution is 0.262. The van der Waals surface area contributed by atoms with Crippen LogP contribution in [0.2, 0.25) is 0 Å². The third-order valence-electron chi connectivity index (χ3n) is 4.09. The molecule has 0 radical (unpaired) electrons. The van der Waals surface area contributed by atoms with Crippen LogP contribution in [0, 0.1) is 0 Å². The second kappa shape index (κ2) is 7.41. The molecule has 1 aromatic carbocycles. The van der Waals surface area contributed by atoms with E-state index in [0.717, 1.165) is 10.8 Å². The summed E-state index contributed by atoms with van der Waals surface area (Å²) in [4.78, 5) is 14.2. The van der Waals surface area contributed by atoms with Crippen LogP contribution in [0.1, 0.15) is 32.1 Å². The topological polar surface area (TPSA) is 70.2 Å². The molecular weight excluding hydrogens is 310 g/mol. The van der Waals surface area contributed by atoms with Gasteiger partial charge in [0.2, 0.25) is 10.3 Å². The first-order valence-corrected chi connectivity index (χ1v) is 8.73. The summed E-state index contributed by atoms with van der Waals surface area (Å²) in [7, 11) is 2.06. The van der Waals surface area contributed by atoms with Crippen LogP contribution in [0.15, 0.2) is 30.3 Å². The van der Waals surface area contributed by atoms with Gasteiger partial charge in [-0.2, -0.15) is 0 Å². The van der Waals surface area contributed by atoms with E-state index < -0.39 is 0 Å². The molecule has 2 N–H and O–H groups in total. The van der Waals surface area contributed by atoms with E-state index >= 15 is 0 Å². The van der Waals surface area contributed by atoms with Crippen LogP contribution < -0.4 is 15.5 Å². The Morgan fingerprint density at radius 1 is 1.13 bits per heavy atom. The summed E-state index contributed by atoms with van der Waals surface area (Å²) in [5.74, 6) is 0. The largest absolute Gasteiger partial charge is 0.347 e. The van der Waals surface area contributed by atoms with E-state index in [4.69, 9.17) is 0 Å². The van der Waals surface area contributed by atoms with Gasteiger partial charge in [-0.15, -0.1) is 10.2 Å². The van der Waals surface area contributed by atoms with Gasteiger partial charge >= 0.3 is 6.03 Å². The van der Waals surface area contributed by atoms with E-state index in [2.05, 4.69) is 32.8 Å². The summed E-state index contributed by atoms with van der Waals surface area (Å²) in [6.07, 6.45) is 6.28. The minimum Gasteiger partial charge on any atom is -0.347 e. The fourth-order valence-corrected chi connectivity index (χ4v) is 3.59. The standard InChI is InChI=1S/C16H21N5OS/c1-21(13-10-6-3-7-11-13)16-20-19-15(23-16)18-14(22)17-12-8-4-2-5-9-12/h2,4-5,8-9,13H,3,6-7,10-11H2,1H3,(H2,17,18,19,22). The number of nitrogens with zero attached hydrogens (tertiary/aromatic N) is 3. The maximum Gasteiger partial charge on any atom is 0.325 e. The highest BCUT2D eigenvalue weighted by Gasteiger charge is 2.21. The Morgan fingerprint density at radius 3 is 2.61 bits per heavy atom. The monoisotopic (exact) mass is 331 g/mol. The molecule has 1 aliphatic carbocycles. The number of anilines is 3. The molecule has 0 atom stereocenters. The van der Waals surface area contributed by atoms with Gasteiger partial charge in [0.25, 0.3) is 0 Å². The van der Waals surface area contributed by atoms with Gasteiger partial charge in [-0.1, -0.05) is 48.8 Å². The van der Waals surface area contributed by atoms with Crippen molar-refractivity contribution in [2.24, 2.45) is 0 Å². The fraction of sp³-hybridized carbons (Fsp3) is 0.438. The molecule has 2 aromatic rings. The lowest BCUT2D eigenvalue weighted by atomic mass is 9.95. The predicted molar refractivity (Wildman–Crippen MR) is 94.3 cm³/mol. The van der Waals surface area contributed by atoms with E-state index in [0.29, 0.717) is 11.2 Å². The van der Waals surface area contributed by atoms with Crippen LogP contribution in [0.5, 0.6) is 0 Å².